The highest BCUT2D eigenvalue weighted by Crippen LogP contribution is 2.09. The van der Waals surface area contributed by atoms with Crippen LogP contribution in [0.4, 0.5) is 0 Å². The first kappa shape index (κ1) is 13.4. The first-order valence-electron chi connectivity index (χ1n) is 5.10. The highest BCUT2D eigenvalue weighted by Gasteiger charge is 2.20. The molecule has 3 heteroatoms. The molecule has 84 valence electrons. The van der Waals surface area contributed by atoms with Crippen LogP contribution in [0.1, 0.15) is 34.6 Å². The molecule has 14 heavy (non-hydrogen) atoms. The summed E-state index contributed by atoms with van der Waals surface area (Å²) in [6, 6.07) is 0. The molecule has 0 aliphatic heterocycles. The largest absolute Gasteiger partial charge is 0.464 e. The van der Waals surface area contributed by atoms with Crippen molar-refractivity contribution < 1.29 is 9.53 Å². The Morgan fingerprint density at radius 3 is 2.21 bits per heavy atom. The number of nitrogens with zero attached hydrogens (tertiary/aromatic N) is 1. The molecule has 0 rings (SSSR count). The van der Waals surface area contributed by atoms with E-state index in [4.69, 9.17) is 4.74 Å². The summed E-state index contributed by atoms with van der Waals surface area (Å²) in [5.74, 6) is 0.259. The number of carbonyl (C=O) groups is 1. The van der Waals surface area contributed by atoms with Gasteiger partial charge in [0.25, 0.3) is 0 Å². The molecule has 0 N–H and O–H groups in total. The van der Waals surface area contributed by atoms with E-state index < -0.39 is 0 Å². The van der Waals surface area contributed by atoms with Gasteiger partial charge in [-0.3, -0.25) is 9.69 Å². The normalized spacial score (nSPS) is 12.3. The van der Waals surface area contributed by atoms with Gasteiger partial charge in [-0.2, -0.15) is 0 Å². The van der Waals surface area contributed by atoms with Gasteiger partial charge in [0.15, 0.2) is 0 Å². The van der Waals surface area contributed by atoms with E-state index in [-0.39, 0.29) is 11.5 Å². The quantitative estimate of drug-likeness (QED) is 0.651. The molecule has 0 aromatic heterocycles. The van der Waals surface area contributed by atoms with Gasteiger partial charge in [-0.1, -0.05) is 13.8 Å². The summed E-state index contributed by atoms with van der Waals surface area (Å²) < 4.78 is 5.09. The molecule has 3 nitrogen and oxygen atoms in total. The van der Waals surface area contributed by atoms with Gasteiger partial charge in [0.1, 0.15) is 0 Å². The second-order valence-corrected chi connectivity index (χ2v) is 5.10. The predicted molar refractivity (Wildman–Crippen MR) is 58.2 cm³/mol. The smallest absolute Gasteiger partial charge is 0.320 e. The zero-order chi connectivity index (χ0) is 11.4. The van der Waals surface area contributed by atoms with Crippen molar-refractivity contribution in [3.8, 4) is 0 Å². The molecule has 0 heterocycles. The van der Waals surface area contributed by atoms with E-state index in [1.807, 2.05) is 25.8 Å². The number of hydrogen-bond donors (Lipinski definition) is 0. The van der Waals surface area contributed by atoms with E-state index in [1.165, 1.54) is 0 Å². The zero-order valence-corrected chi connectivity index (χ0v) is 10.3. The van der Waals surface area contributed by atoms with Crippen LogP contribution >= 0.6 is 0 Å². The Bertz CT molecular complexity index is 182. The molecule has 0 unspecified atom stereocenters. The molecular formula is C11H23NO2. The molecule has 0 saturated heterocycles. The summed E-state index contributed by atoms with van der Waals surface area (Å²) in [5.41, 5.74) is 0.0108. The van der Waals surface area contributed by atoms with Crippen LogP contribution in [-0.4, -0.2) is 36.6 Å². The fourth-order valence-electron chi connectivity index (χ4n) is 0.736. The van der Waals surface area contributed by atoms with Crippen molar-refractivity contribution in [1.82, 2.24) is 4.90 Å². The molecule has 0 aromatic carbocycles. The number of hydrogen-bond acceptors (Lipinski definition) is 3. The minimum absolute atomic E-state index is 0.0108. The molecule has 0 atom stereocenters. The Labute approximate surface area is 87.4 Å². The molecule has 0 amide bonds. The minimum Gasteiger partial charge on any atom is -0.464 e. The zero-order valence-electron chi connectivity index (χ0n) is 10.3. The van der Waals surface area contributed by atoms with Crippen LogP contribution in [0.3, 0.4) is 0 Å². The first-order chi connectivity index (χ1) is 6.23. The maximum absolute atomic E-state index is 11.3. The molecule has 0 aromatic rings. The fraction of sp³-hybridized carbons (Fsp3) is 0.909. The van der Waals surface area contributed by atoms with Crippen LogP contribution in [0, 0.1) is 5.92 Å². The Kier molecular flexibility index (Phi) is 5.13. The van der Waals surface area contributed by atoms with Crippen LogP contribution in [0.2, 0.25) is 0 Å². The van der Waals surface area contributed by atoms with E-state index in [9.17, 15) is 4.79 Å². The maximum Gasteiger partial charge on any atom is 0.320 e. The molecule has 0 fully saturated rings. The molecule has 0 radical (unpaired) electrons. The van der Waals surface area contributed by atoms with Gasteiger partial charge in [0, 0.05) is 5.54 Å². The lowest BCUT2D eigenvalue weighted by molar-refractivity contribution is -0.146. The van der Waals surface area contributed by atoms with E-state index in [2.05, 4.69) is 20.8 Å². The summed E-state index contributed by atoms with van der Waals surface area (Å²) in [5, 5.41) is 0. The Hall–Kier alpha value is -0.570. The van der Waals surface area contributed by atoms with Gasteiger partial charge >= 0.3 is 5.97 Å². The van der Waals surface area contributed by atoms with Gasteiger partial charge in [0.2, 0.25) is 0 Å². The van der Waals surface area contributed by atoms with Crippen LogP contribution in [-0.2, 0) is 9.53 Å². The number of carbonyl (C=O) groups excluding carboxylic acids is 1. The first-order valence-corrected chi connectivity index (χ1v) is 5.10. The molecular weight excluding hydrogens is 178 g/mol. The Balaban J connectivity index is 3.84. The standard InChI is InChI=1S/C11H23NO2/c1-9(2)8-14-10(13)7-12(6)11(3,4)5/h9H,7-8H2,1-6H3. The van der Waals surface area contributed by atoms with Gasteiger partial charge in [-0.15, -0.1) is 0 Å². The third-order valence-corrected chi connectivity index (χ3v) is 2.09. The number of esters is 1. The Morgan fingerprint density at radius 2 is 1.86 bits per heavy atom. The third kappa shape index (κ3) is 5.97. The molecule has 0 bridgehead atoms. The molecule has 0 spiro atoms. The topological polar surface area (TPSA) is 29.5 Å². The summed E-state index contributed by atoms with van der Waals surface area (Å²) in [6.07, 6.45) is 0. The summed E-state index contributed by atoms with van der Waals surface area (Å²) in [7, 11) is 1.93. The van der Waals surface area contributed by atoms with Crippen LogP contribution in [0.25, 0.3) is 0 Å². The Morgan fingerprint density at radius 1 is 1.36 bits per heavy atom. The SMILES string of the molecule is CC(C)COC(=O)CN(C)C(C)(C)C. The highest BCUT2D eigenvalue weighted by atomic mass is 16.5. The summed E-state index contributed by atoms with van der Waals surface area (Å²) in [6.45, 7) is 11.1. The number of ether oxygens (including phenoxy) is 1. The second kappa shape index (κ2) is 5.35. The van der Waals surface area contributed by atoms with Crippen molar-refractivity contribution in [2.75, 3.05) is 20.2 Å². The van der Waals surface area contributed by atoms with Crippen LogP contribution in [0.15, 0.2) is 0 Å². The highest BCUT2D eigenvalue weighted by molar-refractivity contribution is 5.71. The third-order valence-electron chi connectivity index (χ3n) is 2.09. The van der Waals surface area contributed by atoms with Gasteiger partial charge in [0.05, 0.1) is 13.2 Å². The van der Waals surface area contributed by atoms with Crippen molar-refractivity contribution in [2.24, 2.45) is 5.92 Å². The lowest BCUT2D eigenvalue weighted by Gasteiger charge is -2.30. The van der Waals surface area contributed by atoms with Crippen molar-refractivity contribution in [3.63, 3.8) is 0 Å². The van der Waals surface area contributed by atoms with Crippen LogP contribution in [0.5, 0.6) is 0 Å². The van der Waals surface area contributed by atoms with E-state index in [0.29, 0.717) is 19.1 Å². The van der Waals surface area contributed by atoms with Crippen molar-refractivity contribution in [3.05, 3.63) is 0 Å². The van der Waals surface area contributed by atoms with Gasteiger partial charge < -0.3 is 4.74 Å². The van der Waals surface area contributed by atoms with Gasteiger partial charge in [-0.25, -0.2) is 0 Å². The predicted octanol–water partition coefficient (Wildman–Crippen LogP) is 1.92. The lowest BCUT2D eigenvalue weighted by Crippen LogP contribution is -2.41. The van der Waals surface area contributed by atoms with Gasteiger partial charge in [-0.05, 0) is 33.7 Å². The average molecular weight is 201 g/mol. The van der Waals surface area contributed by atoms with Crippen molar-refractivity contribution in [1.29, 1.82) is 0 Å². The monoisotopic (exact) mass is 201 g/mol. The number of likely N-dealkylation sites (N-methyl/N-ethyl adjacent to an activating group) is 1. The van der Waals surface area contributed by atoms with Crippen LogP contribution < -0.4 is 0 Å². The van der Waals surface area contributed by atoms with E-state index in [1.54, 1.807) is 0 Å². The summed E-state index contributed by atoms with van der Waals surface area (Å²) in [4.78, 5) is 13.3. The molecule has 0 aliphatic carbocycles. The van der Waals surface area contributed by atoms with E-state index in [0.717, 1.165) is 0 Å². The molecule has 0 saturated carbocycles. The second-order valence-electron chi connectivity index (χ2n) is 5.10. The van der Waals surface area contributed by atoms with Crippen molar-refractivity contribution >= 4 is 5.97 Å². The van der Waals surface area contributed by atoms with Crippen molar-refractivity contribution in [2.45, 2.75) is 40.2 Å². The minimum atomic E-state index is -0.142. The average Bonchev–Trinajstić information content (AvgIpc) is 1.99. The number of rotatable bonds is 4. The molecule has 0 aliphatic rings. The summed E-state index contributed by atoms with van der Waals surface area (Å²) >= 11 is 0. The maximum atomic E-state index is 11.3. The van der Waals surface area contributed by atoms with E-state index >= 15 is 0 Å². The lowest BCUT2D eigenvalue weighted by atomic mass is 10.1. The fourth-order valence-corrected chi connectivity index (χ4v) is 0.736.